The largest absolute Gasteiger partial charge is 0.391 e. The van der Waals surface area contributed by atoms with Crippen LogP contribution in [-0.4, -0.2) is 71.3 Å². The molecule has 38 heavy (non-hydrogen) atoms. The minimum Gasteiger partial charge on any atom is -0.391 e. The molecule has 9 heteroatoms. The Kier molecular flexibility index (Phi) is 9.23. The Labute approximate surface area is 230 Å². The van der Waals surface area contributed by atoms with E-state index in [2.05, 4.69) is 15.6 Å². The van der Waals surface area contributed by atoms with Crippen molar-refractivity contribution in [2.24, 2.45) is 11.3 Å². The third-order valence-corrected chi connectivity index (χ3v) is 8.66. The van der Waals surface area contributed by atoms with Crippen LogP contribution in [0.2, 0.25) is 0 Å². The van der Waals surface area contributed by atoms with Crippen molar-refractivity contribution in [3.05, 3.63) is 41.0 Å². The zero-order valence-electron chi connectivity index (χ0n) is 23.2. The van der Waals surface area contributed by atoms with Crippen LogP contribution in [0.25, 0.3) is 10.4 Å². The fraction of sp³-hybridized carbons (Fsp3) is 0.621. The summed E-state index contributed by atoms with van der Waals surface area (Å²) in [5.74, 6) is 0.154. The molecular formula is C29H42N4O4S. The van der Waals surface area contributed by atoms with Gasteiger partial charge in [-0.05, 0) is 55.7 Å². The Morgan fingerprint density at radius 3 is 2.61 bits per heavy atom. The Morgan fingerprint density at radius 1 is 1.26 bits per heavy atom. The third kappa shape index (κ3) is 6.81. The van der Waals surface area contributed by atoms with Crippen molar-refractivity contribution < 1.29 is 19.4 Å². The summed E-state index contributed by atoms with van der Waals surface area (Å²) in [4.78, 5) is 34.2. The molecule has 1 aromatic heterocycles. The molecule has 4 rings (SSSR count). The van der Waals surface area contributed by atoms with Crippen molar-refractivity contribution in [3.8, 4) is 10.4 Å². The number of nitrogens with zero attached hydrogens (tertiary/aromatic N) is 2. The van der Waals surface area contributed by atoms with Crippen LogP contribution in [0, 0.1) is 18.3 Å². The molecule has 2 aliphatic rings. The molecule has 0 spiro atoms. The molecule has 3 heterocycles. The zero-order chi connectivity index (χ0) is 27.4. The molecule has 0 saturated carbocycles. The summed E-state index contributed by atoms with van der Waals surface area (Å²) < 4.78 is 5.48. The zero-order valence-corrected chi connectivity index (χ0v) is 24.0. The number of ether oxygens (including phenoxy) is 1. The molecule has 0 radical (unpaired) electrons. The lowest BCUT2D eigenvalue weighted by Crippen LogP contribution is -2.57. The van der Waals surface area contributed by atoms with Gasteiger partial charge >= 0.3 is 0 Å². The number of carbonyl (C=O) groups is 2. The molecular weight excluding hydrogens is 500 g/mol. The molecule has 1 aromatic carbocycles. The highest BCUT2D eigenvalue weighted by atomic mass is 32.1. The van der Waals surface area contributed by atoms with Crippen LogP contribution in [0.4, 0.5) is 0 Å². The summed E-state index contributed by atoms with van der Waals surface area (Å²) in [6, 6.07) is 6.73. The molecule has 8 nitrogen and oxygen atoms in total. The lowest BCUT2D eigenvalue weighted by Gasteiger charge is -2.36. The standard InChI is InChI=1S/C29H42N4O4S/c1-18(21-6-8-22(9-7-21)25-19(2)31-17-38-25)32-27(35)24-14-23(34)15-33(24)28(36)26(29(3,4)5)30-12-10-20-11-13-37-16-20/h6-9,17-18,20,23-24,26,30,34H,10-16H2,1-5H3,(H,32,35)/t18-,20?,23+,24-,26+/m0/s1. The topological polar surface area (TPSA) is 104 Å². The third-order valence-electron chi connectivity index (χ3n) is 7.68. The van der Waals surface area contributed by atoms with Gasteiger partial charge in [0.1, 0.15) is 6.04 Å². The van der Waals surface area contributed by atoms with E-state index >= 15 is 0 Å². The van der Waals surface area contributed by atoms with E-state index in [1.54, 1.807) is 16.2 Å². The number of β-amino-alcohol motifs (C(OH)–C–C–N with tert-alkyl or cyclic N) is 1. The number of aryl methyl sites for hydroxylation is 1. The van der Waals surface area contributed by atoms with E-state index in [1.165, 1.54) is 0 Å². The number of hydrogen-bond acceptors (Lipinski definition) is 7. The van der Waals surface area contributed by atoms with Crippen molar-refractivity contribution in [2.45, 2.75) is 78.1 Å². The second kappa shape index (κ2) is 12.2. The predicted molar refractivity (Wildman–Crippen MR) is 150 cm³/mol. The fourth-order valence-corrected chi connectivity index (χ4v) is 6.19. The number of thiazole rings is 1. The Morgan fingerprint density at radius 2 is 2.00 bits per heavy atom. The maximum Gasteiger partial charge on any atom is 0.243 e. The molecule has 2 amide bonds. The number of likely N-dealkylation sites (tertiary alicyclic amines) is 1. The Hall–Kier alpha value is -2.33. The molecule has 2 aromatic rings. The average Bonchev–Trinajstić information content (AvgIpc) is 3.62. The molecule has 2 aliphatic heterocycles. The first-order valence-corrected chi connectivity index (χ1v) is 14.5. The maximum absolute atomic E-state index is 13.8. The van der Waals surface area contributed by atoms with Crippen molar-refractivity contribution in [1.29, 1.82) is 0 Å². The van der Waals surface area contributed by atoms with Crippen LogP contribution in [0.1, 0.15) is 64.3 Å². The van der Waals surface area contributed by atoms with Crippen LogP contribution >= 0.6 is 11.3 Å². The lowest BCUT2D eigenvalue weighted by atomic mass is 9.85. The number of hydrogen-bond donors (Lipinski definition) is 3. The van der Waals surface area contributed by atoms with Crippen LogP contribution in [-0.2, 0) is 14.3 Å². The second-order valence-corrected chi connectivity index (χ2v) is 12.6. The van der Waals surface area contributed by atoms with E-state index in [1.807, 2.05) is 64.4 Å². The molecule has 0 bridgehead atoms. The minimum absolute atomic E-state index is 0.131. The normalized spacial score (nSPS) is 23.4. The quantitative estimate of drug-likeness (QED) is 0.447. The van der Waals surface area contributed by atoms with Gasteiger partial charge in [0.2, 0.25) is 11.8 Å². The van der Waals surface area contributed by atoms with Gasteiger partial charge in [0, 0.05) is 26.2 Å². The first-order chi connectivity index (χ1) is 18.0. The van der Waals surface area contributed by atoms with E-state index < -0.39 is 18.2 Å². The van der Waals surface area contributed by atoms with E-state index in [0.717, 1.165) is 47.8 Å². The molecule has 0 aliphatic carbocycles. The summed E-state index contributed by atoms with van der Waals surface area (Å²) in [6.07, 6.45) is 1.53. The van der Waals surface area contributed by atoms with Crippen molar-refractivity contribution in [2.75, 3.05) is 26.3 Å². The summed E-state index contributed by atoms with van der Waals surface area (Å²) in [6.45, 7) is 12.5. The molecule has 2 fully saturated rings. The second-order valence-electron chi connectivity index (χ2n) is 11.8. The van der Waals surface area contributed by atoms with Gasteiger partial charge in [-0.25, -0.2) is 4.98 Å². The monoisotopic (exact) mass is 542 g/mol. The Balaban J connectivity index is 1.40. The Bertz CT molecular complexity index is 1090. The van der Waals surface area contributed by atoms with Gasteiger partial charge in [-0.1, -0.05) is 45.0 Å². The number of aliphatic hydroxyl groups is 1. The van der Waals surface area contributed by atoms with Gasteiger partial charge in [0.05, 0.1) is 34.3 Å². The molecule has 3 N–H and O–H groups in total. The SMILES string of the molecule is Cc1ncsc1-c1ccc([C@H](C)NC(=O)[C@@H]2C[C@@H](O)CN2C(=O)[C@@H](NCCC2CCOC2)C(C)(C)C)cc1. The highest BCUT2D eigenvalue weighted by Gasteiger charge is 2.44. The lowest BCUT2D eigenvalue weighted by molar-refractivity contribution is -0.142. The molecule has 1 unspecified atom stereocenters. The number of benzene rings is 1. The smallest absolute Gasteiger partial charge is 0.243 e. The van der Waals surface area contributed by atoms with Gasteiger partial charge in [-0.15, -0.1) is 11.3 Å². The van der Waals surface area contributed by atoms with Gasteiger partial charge in [-0.3, -0.25) is 9.59 Å². The van der Waals surface area contributed by atoms with E-state index in [9.17, 15) is 14.7 Å². The maximum atomic E-state index is 13.8. The minimum atomic E-state index is -0.719. The van der Waals surface area contributed by atoms with Crippen molar-refractivity contribution in [1.82, 2.24) is 20.5 Å². The van der Waals surface area contributed by atoms with E-state index in [4.69, 9.17) is 4.74 Å². The highest BCUT2D eigenvalue weighted by molar-refractivity contribution is 7.13. The number of nitrogens with one attached hydrogen (secondary N) is 2. The summed E-state index contributed by atoms with van der Waals surface area (Å²) in [5.41, 5.74) is 4.58. The summed E-state index contributed by atoms with van der Waals surface area (Å²) in [5, 5.41) is 17.0. The molecule has 2 saturated heterocycles. The van der Waals surface area contributed by atoms with Gasteiger partial charge in [0.25, 0.3) is 0 Å². The van der Waals surface area contributed by atoms with E-state index in [-0.39, 0.29) is 36.2 Å². The molecule has 208 valence electrons. The molecule has 5 atom stereocenters. The van der Waals surface area contributed by atoms with Crippen LogP contribution in [0.3, 0.4) is 0 Å². The van der Waals surface area contributed by atoms with Gasteiger partial charge in [-0.2, -0.15) is 0 Å². The number of carbonyl (C=O) groups excluding carboxylic acids is 2. The van der Waals surface area contributed by atoms with Crippen LogP contribution < -0.4 is 10.6 Å². The van der Waals surface area contributed by atoms with Crippen molar-refractivity contribution in [3.63, 3.8) is 0 Å². The van der Waals surface area contributed by atoms with Crippen molar-refractivity contribution >= 4 is 23.2 Å². The number of aromatic nitrogens is 1. The number of aliphatic hydroxyl groups excluding tert-OH is 1. The first-order valence-electron chi connectivity index (χ1n) is 13.6. The van der Waals surface area contributed by atoms with E-state index in [0.29, 0.717) is 12.5 Å². The van der Waals surface area contributed by atoms with Gasteiger partial charge in [0.15, 0.2) is 0 Å². The van der Waals surface area contributed by atoms with Gasteiger partial charge < -0.3 is 25.4 Å². The highest BCUT2D eigenvalue weighted by Crippen LogP contribution is 2.29. The van der Waals surface area contributed by atoms with Crippen LogP contribution in [0.15, 0.2) is 29.8 Å². The summed E-state index contributed by atoms with van der Waals surface area (Å²) in [7, 11) is 0. The average molecular weight is 543 g/mol. The number of amides is 2. The predicted octanol–water partition coefficient (Wildman–Crippen LogP) is 3.69. The fourth-order valence-electron chi connectivity index (χ4n) is 5.37. The summed E-state index contributed by atoms with van der Waals surface area (Å²) >= 11 is 1.61. The number of rotatable bonds is 9. The van der Waals surface area contributed by atoms with Crippen LogP contribution in [0.5, 0.6) is 0 Å². The first kappa shape index (κ1) is 28.7.